The first-order valence-corrected chi connectivity index (χ1v) is 7.43. The van der Waals surface area contributed by atoms with Crippen LogP contribution in [0.15, 0.2) is 12.1 Å². The predicted molar refractivity (Wildman–Crippen MR) is 66.0 cm³/mol. The maximum Gasteiger partial charge on any atom is 0.317 e. The number of hydrogen-bond acceptors (Lipinski definition) is 2. The van der Waals surface area contributed by atoms with Crippen molar-refractivity contribution in [1.29, 1.82) is 0 Å². The zero-order valence-corrected chi connectivity index (χ0v) is 11.5. The van der Waals surface area contributed by atoms with Crippen LogP contribution in [0.5, 0.6) is 0 Å². The topological polar surface area (TPSA) is 34.1 Å². The van der Waals surface area contributed by atoms with Crippen molar-refractivity contribution in [2.45, 2.75) is 27.7 Å². The zero-order chi connectivity index (χ0) is 12.2. The summed E-state index contributed by atoms with van der Waals surface area (Å²) in [6.07, 6.45) is 0. The molecule has 0 radical (unpaired) electrons. The predicted octanol–water partition coefficient (Wildman–Crippen LogP) is 3.63. The molecule has 0 aliphatic heterocycles. The molecule has 0 atom stereocenters. The second-order valence-electron chi connectivity index (χ2n) is 3.40. The van der Waals surface area contributed by atoms with Crippen molar-refractivity contribution in [1.82, 2.24) is 0 Å². The van der Waals surface area contributed by atoms with Crippen molar-refractivity contribution in [2.75, 3.05) is 0 Å². The quantitative estimate of drug-likeness (QED) is 0.674. The van der Waals surface area contributed by atoms with Crippen LogP contribution in [-0.4, -0.2) is 8.42 Å². The first-order valence-electron chi connectivity index (χ1n) is 4.30. The van der Waals surface area contributed by atoms with Crippen LogP contribution in [0, 0.1) is 27.7 Å². The van der Waals surface area contributed by atoms with Gasteiger partial charge < -0.3 is 0 Å². The minimum absolute atomic E-state index is 1.39. The van der Waals surface area contributed by atoms with Gasteiger partial charge in [0.2, 0.25) is 0 Å². The molecule has 0 unspecified atom stereocenters. The van der Waals surface area contributed by atoms with E-state index in [1.807, 2.05) is 0 Å². The Balaban J connectivity index is 0.000000336. The van der Waals surface area contributed by atoms with E-state index < -0.39 is 8.26 Å². The Morgan fingerprint density at radius 2 is 0.933 bits per heavy atom. The summed E-state index contributed by atoms with van der Waals surface area (Å²) in [5.41, 5.74) is 5.57. The number of hydrogen-bond donors (Lipinski definition) is 0. The molecule has 0 aliphatic carbocycles. The van der Waals surface area contributed by atoms with Crippen LogP contribution in [0.4, 0.5) is 0 Å². The van der Waals surface area contributed by atoms with Gasteiger partial charge in [0.25, 0.3) is 0 Å². The fourth-order valence-corrected chi connectivity index (χ4v) is 1.10. The van der Waals surface area contributed by atoms with Crippen molar-refractivity contribution in [3.63, 3.8) is 0 Å². The molecule has 0 heterocycles. The van der Waals surface area contributed by atoms with Crippen LogP contribution in [0.1, 0.15) is 22.3 Å². The van der Waals surface area contributed by atoms with Crippen molar-refractivity contribution in [3.8, 4) is 0 Å². The minimum atomic E-state index is -3.72. The average Bonchev–Trinajstić information content (AvgIpc) is 1.98. The summed E-state index contributed by atoms with van der Waals surface area (Å²) in [5.74, 6) is 0. The minimum Gasteiger partial charge on any atom is -0.195 e. The molecule has 0 aliphatic rings. The van der Waals surface area contributed by atoms with Gasteiger partial charge in [-0.3, -0.25) is 0 Å². The highest BCUT2D eigenvalue weighted by molar-refractivity contribution is 8.31. The van der Waals surface area contributed by atoms with E-state index in [4.69, 9.17) is 8.42 Å². The van der Waals surface area contributed by atoms with Gasteiger partial charge in [0.05, 0.1) is 0 Å². The molecule has 1 aromatic carbocycles. The Hall–Kier alpha value is -0.250. The lowest BCUT2D eigenvalue weighted by molar-refractivity contribution is 0.621. The van der Waals surface area contributed by atoms with E-state index in [9.17, 15) is 0 Å². The van der Waals surface area contributed by atoms with Crippen LogP contribution in [0.25, 0.3) is 0 Å². The van der Waals surface area contributed by atoms with E-state index >= 15 is 0 Å². The number of halogens is 2. The Morgan fingerprint density at radius 1 is 0.800 bits per heavy atom. The Kier molecular flexibility index (Phi) is 5.63. The molecule has 0 spiro atoms. The molecular weight excluding hydrogens is 255 g/mol. The Bertz CT molecular complexity index is 381. The average molecular weight is 269 g/mol. The van der Waals surface area contributed by atoms with Gasteiger partial charge in [-0.1, -0.05) is 12.1 Å². The molecule has 0 aromatic heterocycles. The molecule has 15 heavy (non-hydrogen) atoms. The summed E-state index contributed by atoms with van der Waals surface area (Å²) >= 11 is 0. The maximum atomic E-state index is 9.16. The number of rotatable bonds is 0. The Morgan fingerprint density at radius 3 is 1.07 bits per heavy atom. The van der Waals surface area contributed by atoms with Crippen LogP contribution in [0.3, 0.4) is 0 Å². The highest BCUT2D eigenvalue weighted by atomic mass is 36.0. The SMILES string of the molecule is Cc1cc(C)c(C)cc1C.O=S(=O)(Cl)Cl. The van der Waals surface area contributed by atoms with Crippen LogP contribution < -0.4 is 0 Å². The van der Waals surface area contributed by atoms with Gasteiger partial charge in [-0.05, 0) is 49.9 Å². The monoisotopic (exact) mass is 268 g/mol. The van der Waals surface area contributed by atoms with Crippen molar-refractivity contribution in [3.05, 3.63) is 34.4 Å². The van der Waals surface area contributed by atoms with Gasteiger partial charge in [-0.2, -0.15) is 8.42 Å². The third-order valence-electron chi connectivity index (χ3n) is 2.11. The fraction of sp³-hybridized carbons (Fsp3) is 0.400. The summed E-state index contributed by atoms with van der Waals surface area (Å²) in [4.78, 5) is 0. The highest BCUT2D eigenvalue weighted by Gasteiger charge is 1.95. The van der Waals surface area contributed by atoms with Gasteiger partial charge in [0.1, 0.15) is 0 Å². The summed E-state index contributed by atoms with van der Waals surface area (Å²) in [6.45, 7) is 8.62. The smallest absolute Gasteiger partial charge is 0.195 e. The van der Waals surface area contributed by atoms with E-state index in [-0.39, 0.29) is 0 Å². The first kappa shape index (κ1) is 14.8. The third kappa shape index (κ3) is 7.65. The van der Waals surface area contributed by atoms with E-state index in [1.54, 1.807) is 0 Å². The lowest BCUT2D eigenvalue weighted by Crippen LogP contribution is -1.86. The summed E-state index contributed by atoms with van der Waals surface area (Å²) in [6, 6.07) is 4.48. The number of benzene rings is 1. The van der Waals surface area contributed by atoms with Crippen molar-refractivity contribution in [2.24, 2.45) is 0 Å². The van der Waals surface area contributed by atoms with Crippen LogP contribution in [0.2, 0.25) is 0 Å². The molecule has 2 nitrogen and oxygen atoms in total. The molecule has 0 saturated carbocycles. The second kappa shape index (κ2) is 5.73. The van der Waals surface area contributed by atoms with E-state index in [1.165, 1.54) is 22.3 Å². The van der Waals surface area contributed by atoms with Crippen LogP contribution >= 0.6 is 21.4 Å². The van der Waals surface area contributed by atoms with Crippen LogP contribution in [-0.2, 0) is 8.26 Å². The molecule has 86 valence electrons. The normalized spacial score (nSPS) is 10.5. The van der Waals surface area contributed by atoms with E-state index in [2.05, 4.69) is 61.2 Å². The maximum absolute atomic E-state index is 9.16. The molecule has 0 fully saturated rings. The Labute approximate surface area is 100 Å². The largest absolute Gasteiger partial charge is 0.317 e. The second-order valence-corrected chi connectivity index (χ2v) is 7.07. The summed E-state index contributed by atoms with van der Waals surface area (Å²) in [5, 5.41) is 0. The summed E-state index contributed by atoms with van der Waals surface area (Å²) in [7, 11) is 4.81. The van der Waals surface area contributed by atoms with E-state index in [0.29, 0.717) is 0 Å². The molecule has 0 N–H and O–H groups in total. The highest BCUT2D eigenvalue weighted by Crippen LogP contribution is 2.13. The molecule has 0 bridgehead atoms. The van der Waals surface area contributed by atoms with Gasteiger partial charge in [-0.25, -0.2) is 0 Å². The fourth-order valence-electron chi connectivity index (χ4n) is 1.10. The molecule has 1 rings (SSSR count). The lowest BCUT2D eigenvalue weighted by atomic mass is 10.0. The third-order valence-corrected chi connectivity index (χ3v) is 2.11. The van der Waals surface area contributed by atoms with Gasteiger partial charge >= 0.3 is 8.26 Å². The standard InChI is InChI=1S/C10H14.Cl2O2S/c1-7-5-9(3)10(4)6-8(7)2;1-5(2,3)4/h5-6H,1-4H3;. The lowest BCUT2D eigenvalue weighted by Gasteiger charge is -2.04. The first-order chi connectivity index (χ1) is 6.61. The van der Waals surface area contributed by atoms with Gasteiger partial charge in [-0.15, -0.1) is 0 Å². The molecular formula is C10H14Cl2O2S. The summed E-state index contributed by atoms with van der Waals surface area (Å²) < 4.78 is 18.3. The van der Waals surface area contributed by atoms with Gasteiger partial charge in [0, 0.05) is 21.4 Å². The van der Waals surface area contributed by atoms with Gasteiger partial charge in [0.15, 0.2) is 0 Å². The molecule has 0 saturated heterocycles. The van der Waals surface area contributed by atoms with Crippen molar-refractivity contribution < 1.29 is 8.42 Å². The van der Waals surface area contributed by atoms with Crippen molar-refractivity contribution >= 4 is 29.6 Å². The zero-order valence-electron chi connectivity index (χ0n) is 9.14. The molecule has 0 amide bonds. The number of aryl methyl sites for hydroxylation is 4. The molecule has 5 heteroatoms. The van der Waals surface area contributed by atoms with E-state index in [0.717, 1.165) is 0 Å². The molecule has 1 aromatic rings.